The average Bonchev–Trinajstić information content (AvgIpc) is 2.56. The molecule has 3 rings (SSSR count). The second-order valence-electron chi connectivity index (χ2n) is 4.96. The Hall–Kier alpha value is -2.27. The van der Waals surface area contributed by atoms with Crippen LogP contribution in [0.25, 0.3) is 11.4 Å². The molecule has 1 aliphatic heterocycles. The number of hydrogen-bond acceptors (Lipinski definition) is 4. The molecule has 2 aromatic rings. The quantitative estimate of drug-likeness (QED) is 0.845. The zero-order valence-corrected chi connectivity index (χ0v) is 12.0. The summed E-state index contributed by atoms with van der Waals surface area (Å²) in [5, 5.41) is 0. The van der Waals surface area contributed by atoms with Crippen LogP contribution in [0.1, 0.15) is 16.1 Å². The lowest BCUT2D eigenvalue weighted by Crippen LogP contribution is -2.41. The highest BCUT2D eigenvalue weighted by atomic mass is 16.5. The van der Waals surface area contributed by atoms with E-state index in [9.17, 15) is 4.79 Å². The zero-order chi connectivity index (χ0) is 14.7. The van der Waals surface area contributed by atoms with Crippen molar-refractivity contribution in [2.45, 2.75) is 6.92 Å². The summed E-state index contributed by atoms with van der Waals surface area (Å²) in [6.45, 7) is 4.28. The van der Waals surface area contributed by atoms with E-state index in [1.54, 1.807) is 11.1 Å². The first kappa shape index (κ1) is 13.7. The van der Waals surface area contributed by atoms with Gasteiger partial charge in [-0.15, -0.1) is 0 Å². The number of benzene rings is 1. The van der Waals surface area contributed by atoms with Crippen LogP contribution in [0.4, 0.5) is 0 Å². The summed E-state index contributed by atoms with van der Waals surface area (Å²) in [7, 11) is 0. The standard InChI is InChI=1S/C16H17N3O2/c1-12-14(16(20)19-7-9-21-10-8-19)11-17-15(18-12)13-5-3-2-4-6-13/h2-6,11H,7-10H2,1H3. The molecule has 0 spiro atoms. The Morgan fingerprint density at radius 2 is 1.90 bits per heavy atom. The van der Waals surface area contributed by atoms with Gasteiger partial charge in [-0.05, 0) is 6.92 Å². The van der Waals surface area contributed by atoms with Crippen LogP contribution in [0, 0.1) is 6.92 Å². The molecule has 0 radical (unpaired) electrons. The van der Waals surface area contributed by atoms with Gasteiger partial charge in [-0.3, -0.25) is 4.79 Å². The van der Waals surface area contributed by atoms with Crippen LogP contribution in [0.3, 0.4) is 0 Å². The van der Waals surface area contributed by atoms with Crippen LogP contribution < -0.4 is 0 Å². The highest BCUT2D eigenvalue weighted by molar-refractivity contribution is 5.95. The molecule has 1 aromatic carbocycles. The lowest BCUT2D eigenvalue weighted by molar-refractivity contribution is 0.0302. The van der Waals surface area contributed by atoms with Gasteiger partial charge in [0.15, 0.2) is 5.82 Å². The fraction of sp³-hybridized carbons (Fsp3) is 0.312. The number of rotatable bonds is 2. The van der Waals surface area contributed by atoms with Gasteiger partial charge >= 0.3 is 0 Å². The summed E-state index contributed by atoms with van der Waals surface area (Å²) < 4.78 is 5.27. The minimum atomic E-state index is -0.0181. The van der Waals surface area contributed by atoms with Crippen LogP contribution in [0.2, 0.25) is 0 Å². The summed E-state index contributed by atoms with van der Waals surface area (Å²) in [6, 6.07) is 9.75. The Bertz CT molecular complexity index is 637. The second-order valence-corrected chi connectivity index (χ2v) is 4.96. The monoisotopic (exact) mass is 283 g/mol. The van der Waals surface area contributed by atoms with Crippen LogP contribution in [-0.2, 0) is 4.74 Å². The molecule has 1 aliphatic rings. The summed E-state index contributed by atoms with van der Waals surface area (Å²) >= 11 is 0. The normalized spacial score (nSPS) is 15.0. The van der Waals surface area contributed by atoms with Gasteiger partial charge in [-0.1, -0.05) is 30.3 Å². The summed E-state index contributed by atoms with van der Waals surface area (Å²) in [6.07, 6.45) is 1.63. The minimum absolute atomic E-state index is 0.0181. The molecular weight excluding hydrogens is 266 g/mol. The molecular formula is C16H17N3O2. The molecule has 0 unspecified atom stereocenters. The second kappa shape index (κ2) is 6.01. The van der Waals surface area contributed by atoms with E-state index in [1.807, 2.05) is 37.3 Å². The molecule has 1 aromatic heterocycles. The van der Waals surface area contributed by atoms with Crippen LogP contribution in [-0.4, -0.2) is 47.1 Å². The first-order valence-electron chi connectivity index (χ1n) is 7.02. The van der Waals surface area contributed by atoms with Crippen molar-refractivity contribution >= 4 is 5.91 Å². The maximum absolute atomic E-state index is 12.5. The third kappa shape index (κ3) is 2.92. The average molecular weight is 283 g/mol. The molecule has 0 N–H and O–H groups in total. The number of aryl methyl sites for hydroxylation is 1. The van der Waals surface area contributed by atoms with E-state index in [0.29, 0.717) is 43.4 Å². The molecule has 0 saturated carbocycles. The maximum Gasteiger partial charge on any atom is 0.257 e. The van der Waals surface area contributed by atoms with E-state index in [1.165, 1.54) is 0 Å². The molecule has 0 bridgehead atoms. The largest absolute Gasteiger partial charge is 0.378 e. The summed E-state index contributed by atoms with van der Waals surface area (Å²) in [5.74, 6) is 0.627. The van der Waals surface area contributed by atoms with Crippen LogP contribution >= 0.6 is 0 Å². The van der Waals surface area contributed by atoms with E-state index in [0.717, 1.165) is 5.56 Å². The van der Waals surface area contributed by atoms with E-state index in [4.69, 9.17) is 4.74 Å². The fourth-order valence-corrected chi connectivity index (χ4v) is 2.34. The number of ether oxygens (including phenoxy) is 1. The van der Waals surface area contributed by atoms with Gasteiger partial charge in [-0.25, -0.2) is 9.97 Å². The van der Waals surface area contributed by atoms with E-state index in [2.05, 4.69) is 9.97 Å². The first-order chi connectivity index (χ1) is 10.3. The number of hydrogen-bond donors (Lipinski definition) is 0. The number of carbonyl (C=O) groups is 1. The van der Waals surface area contributed by atoms with Crippen LogP contribution in [0.5, 0.6) is 0 Å². The Morgan fingerprint density at radius 3 is 2.57 bits per heavy atom. The fourth-order valence-electron chi connectivity index (χ4n) is 2.34. The minimum Gasteiger partial charge on any atom is -0.378 e. The van der Waals surface area contributed by atoms with Crippen LogP contribution in [0.15, 0.2) is 36.5 Å². The highest BCUT2D eigenvalue weighted by Gasteiger charge is 2.21. The Balaban J connectivity index is 1.86. The van der Waals surface area contributed by atoms with Crippen molar-refractivity contribution in [1.29, 1.82) is 0 Å². The van der Waals surface area contributed by atoms with Crippen molar-refractivity contribution in [1.82, 2.24) is 14.9 Å². The molecule has 1 saturated heterocycles. The Kier molecular flexibility index (Phi) is 3.92. The number of nitrogens with zero attached hydrogens (tertiary/aromatic N) is 3. The highest BCUT2D eigenvalue weighted by Crippen LogP contribution is 2.17. The van der Waals surface area contributed by atoms with Crippen molar-refractivity contribution in [2.24, 2.45) is 0 Å². The molecule has 21 heavy (non-hydrogen) atoms. The van der Waals surface area contributed by atoms with Gasteiger partial charge in [0.25, 0.3) is 5.91 Å². The molecule has 1 amide bonds. The van der Waals surface area contributed by atoms with E-state index < -0.39 is 0 Å². The number of amides is 1. The smallest absolute Gasteiger partial charge is 0.257 e. The van der Waals surface area contributed by atoms with E-state index in [-0.39, 0.29) is 5.91 Å². The van der Waals surface area contributed by atoms with Crippen molar-refractivity contribution in [2.75, 3.05) is 26.3 Å². The molecule has 0 atom stereocenters. The molecule has 5 nitrogen and oxygen atoms in total. The van der Waals surface area contributed by atoms with Gasteiger partial charge in [0.1, 0.15) is 0 Å². The molecule has 2 heterocycles. The van der Waals surface area contributed by atoms with Crippen molar-refractivity contribution in [3.05, 3.63) is 47.8 Å². The van der Waals surface area contributed by atoms with Crippen molar-refractivity contribution < 1.29 is 9.53 Å². The lowest BCUT2D eigenvalue weighted by Gasteiger charge is -2.27. The Morgan fingerprint density at radius 1 is 1.19 bits per heavy atom. The van der Waals surface area contributed by atoms with Gasteiger partial charge in [0.2, 0.25) is 0 Å². The van der Waals surface area contributed by atoms with Crippen molar-refractivity contribution in [3.63, 3.8) is 0 Å². The topological polar surface area (TPSA) is 55.3 Å². The zero-order valence-electron chi connectivity index (χ0n) is 12.0. The maximum atomic E-state index is 12.5. The van der Waals surface area contributed by atoms with E-state index >= 15 is 0 Å². The lowest BCUT2D eigenvalue weighted by atomic mass is 10.1. The predicted octanol–water partition coefficient (Wildman–Crippen LogP) is 1.92. The molecule has 5 heteroatoms. The predicted molar refractivity (Wildman–Crippen MR) is 78.9 cm³/mol. The third-order valence-electron chi connectivity index (χ3n) is 3.54. The Labute approximate surface area is 123 Å². The van der Waals surface area contributed by atoms with Crippen molar-refractivity contribution in [3.8, 4) is 11.4 Å². The summed E-state index contributed by atoms with van der Waals surface area (Å²) in [4.78, 5) is 23.1. The third-order valence-corrected chi connectivity index (χ3v) is 3.54. The first-order valence-corrected chi connectivity index (χ1v) is 7.02. The number of carbonyl (C=O) groups excluding carboxylic acids is 1. The van der Waals surface area contributed by atoms with Gasteiger partial charge < -0.3 is 9.64 Å². The molecule has 1 fully saturated rings. The van der Waals surface area contributed by atoms with Gasteiger partial charge in [0, 0.05) is 24.8 Å². The van der Waals surface area contributed by atoms with Gasteiger partial charge in [0.05, 0.1) is 24.5 Å². The number of aromatic nitrogens is 2. The summed E-state index contributed by atoms with van der Waals surface area (Å²) in [5.41, 5.74) is 2.22. The molecule has 0 aliphatic carbocycles. The number of morpholine rings is 1. The molecule has 108 valence electrons. The van der Waals surface area contributed by atoms with Gasteiger partial charge in [-0.2, -0.15) is 0 Å². The SMILES string of the molecule is Cc1nc(-c2ccccc2)ncc1C(=O)N1CCOCC1.